The second-order valence-electron chi connectivity index (χ2n) is 9.09. The van der Waals surface area contributed by atoms with Crippen molar-refractivity contribution in [3.05, 3.63) is 28.8 Å². The fourth-order valence-electron chi connectivity index (χ4n) is 2.83. The Kier molecular flexibility index (Phi) is 6.44. The third-order valence-electron chi connectivity index (χ3n) is 4.81. The molecule has 1 heterocycles. The molecule has 1 aliphatic heterocycles. The Morgan fingerprint density at radius 1 is 1.26 bits per heavy atom. The molecule has 1 fully saturated rings. The van der Waals surface area contributed by atoms with Gasteiger partial charge < -0.3 is 19.5 Å². The van der Waals surface area contributed by atoms with Gasteiger partial charge in [-0.1, -0.05) is 45.1 Å². The molecule has 3 rings (SSSR count). The van der Waals surface area contributed by atoms with Gasteiger partial charge in [-0.15, -0.1) is 0 Å². The highest BCUT2D eigenvalue weighted by molar-refractivity contribution is 6.76. The van der Waals surface area contributed by atoms with Gasteiger partial charge in [-0.2, -0.15) is 0 Å². The fraction of sp³-hybridized carbons (Fsp3) is 0.619. The molecule has 0 amide bonds. The maximum absolute atomic E-state index is 6.48. The highest BCUT2D eigenvalue weighted by Crippen LogP contribution is 2.40. The molecule has 0 saturated heterocycles. The van der Waals surface area contributed by atoms with E-state index in [1.54, 1.807) is 0 Å². The molecule has 0 spiro atoms. The van der Waals surface area contributed by atoms with Crippen LogP contribution in [0.3, 0.4) is 0 Å². The van der Waals surface area contributed by atoms with Gasteiger partial charge in [0.05, 0.1) is 5.02 Å². The van der Waals surface area contributed by atoms with Crippen LogP contribution in [-0.4, -0.2) is 33.6 Å². The first kappa shape index (κ1) is 20.6. The third kappa shape index (κ3) is 5.90. The van der Waals surface area contributed by atoms with Gasteiger partial charge in [-0.05, 0) is 36.9 Å². The molecule has 150 valence electrons. The average Bonchev–Trinajstić information content (AvgIpc) is 3.38. The first-order valence-electron chi connectivity index (χ1n) is 9.92. The topological polar surface area (TPSA) is 39.7 Å². The van der Waals surface area contributed by atoms with E-state index in [9.17, 15) is 0 Å². The number of ether oxygens (including phenoxy) is 3. The summed E-state index contributed by atoms with van der Waals surface area (Å²) >= 11 is 6.48. The van der Waals surface area contributed by atoms with E-state index >= 15 is 0 Å². The molecule has 1 aromatic rings. The summed E-state index contributed by atoms with van der Waals surface area (Å²) in [6.45, 7) is 12.3. The van der Waals surface area contributed by atoms with Crippen molar-refractivity contribution in [3.8, 4) is 11.5 Å². The van der Waals surface area contributed by atoms with Crippen LogP contribution in [0.5, 0.6) is 11.5 Å². The Hall–Kier alpha value is -1.17. The fourth-order valence-corrected chi connectivity index (χ4v) is 3.81. The van der Waals surface area contributed by atoms with Crippen molar-refractivity contribution < 1.29 is 14.2 Å². The van der Waals surface area contributed by atoms with E-state index < -0.39 is 8.07 Å². The summed E-state index contributed by atoms with van der Waals surface area (Å²) in [4.78, 5) is 0. The Labute approximate surface area is 169 Å². The molecule has 0 aromatic heterocycles. The van der Waals surface area contributed by atoms with E-state index in [-0.39, 0.29) is 12.9 Å². The van der Waals surface area contributed by atoms with Gasteiger partial charge in [-0.3, -0.25) is 0 Å². The smallest absolute Gasteiger partial charge is 0.189 e. The van der Waals surface area contributed by atoms with E-state index in [1.165, 1.54) is 12.8 Å². The Morgan fingerprint density at radius 2 is 2.00 bits per heavy atom. The Balaban J connectivity index is 1.68. The van der Waals surface area contributed by atoms with Crippen molar-refractivity contribution >= 4 is 25.4 Å². The lowest BCUT2D eigenvalue weighted by molar-refractivity contribution is 0.0219. The van der Waals surface area contributed by atoms with Crippen LogP contribution in [0.1, 0.15) is 32.3 Å². The van der Waals surface area contributed by atoms with Gasteiger partial charge in [0.2, 0.25) is 0 Å². The van der Waals surface area contributed by atoms with Gasteiger partial charge >= 0.3 is 0 Å². The number of nitrogens with one attached hydrogen (secondary N) is 1. The first-order valence-corrected chi connectivity index (χ1v) is 14.0. The highest BCUT2D eigenvalue weighted by Gasteiger charge is 2.29. The molecule has 1 atom stereocenters. The zero-order valence-corrected chi connectivity index (χ0v) is 18.9. The quantitative estimate of drug-likeness (QED) is 0.330. The van der Waals surface area contributed by atoms with E-state index in [1.807, 2.05) is 12.1 Å². The summed E-state index contributed by atoms with van der Waals surface area (Å²) in [7, 11) is -1.09. The summed E-state index contributed by atoms with van der Waals surface area (Å²) in [5.41, 5.74) is 2.13. The first-order chi connectivity index (χ1) is 12.7. The standard InChI is InChI=1S/C21H32ClNO3Si/c1-14(2)19-11-18(23-15-6-7-15)16-10-17(22)21(12-20(16)26-19)25-13-24-8-9-27(3,4)5/h10-12,14-15,19,23H,6-9,13H2,1-5H3. The lowest BCUT2D eigenvalue weighted by Crippen LogP contribution is -2.28. The average molecular weight is 410 g/mol. The number of benzene rings is 1. The Bertz CT molecular complexity index is 695. The van der Waals surface area contributed by atoms with Gasteiger partial charge in [-0.25, -0.2) is 0 Å². The van der Waals surface area contributed by atoms with Gasteiger partial charge in [0.15, 0.2) is 6.79 Å². The lowest BCUT2D eigenvalue weighted by Gasteiger charge is -2.29. The van der Waals surface area contributed by atoms with Crippen LogP contribution in [0.4, 0.5) is 0 Å². The number of hydrogen-bond donors (Lipinski definition) is 1. The summed E-state index contributed by atoms with van der Waals surface area (Å²) in [5.74, 6) is 1.82. The van der Waals surface area contributed by atoms with Crippen LogP contribution in [0.2, 0.25) is 30.7 Å². The van der Waals surface area contributed by atoms with Crippen LogP contribution in [0, 0.1) is 5.92 Å². The minimum absolute atomic E-state index is 0.0424. The van der Waals surface area contributed by atoms with E-state index in [2.05, 4.69) is 44.9 Å². The van der Waals surface area contributed by atoms with Crippen LogP contribution >= 0.6 is 11.6 Å². The van der Waals surface area contributed by atoms with E-state index in [0.29, 0.717) is 22.7 Å². The third-order valence-corrected chi connectivity index (χ3v) is 6.81. The zero-order valence-electron chi connectivity index (χ0n) is 17.1. The summed E-state index contributed by atoms with van der Waals surface area (Å²) < 4.78 is 17.6. The second kappa shape index (κ2) is 8.46. The van der Waals surface area contributed by atoms with Crippen molar-refractivity contribution in [1.29, 1.82) is 0 Å². The number of fused-ring (bicyclic) bond motifs is 1. The number of halogens is 1. The lowest BCUT2D eigenvalue weighted by atomic mass is 9.99. The van der Waals surface area contributed by atoms with Crippen LogP contribution < -0.4 is 14.8 Å². The predicted octanol–water partition coefficient (Wildman–Crippen LogP) is 5.54. The minimum Gasteiger partial charge on any atom is -0.485 e. The normalized spacial score (nSPS) is 19.4. The van der Waals surface area contributed by atoms with Crippen molar-refractivity contribution in [3.63, 3.8) is 0 Å². The van der Waals surface area contributed by atoms with E-state index in [4.69, 9.17) is 25.8 Å². The second-order valence-corrected chi connectivity index (χ2v) is 15.1. The van der Waals surface area contributed by atoms with Crippen LogP contribution in [0.25, 0.3) is 5.70 Å². The molecule has 0 radical (unpaired) electrons. The van der Waals surface area contributed by atoms with E-state index in [0.717, 1.165) is 29.7 Å². The molecular formula is C21H32ClNO3Si. The molecule has 4 nitrogen and oxygen atoms in total. The minimum atomic E-state index is -1.09. The van der Waals surface area contributed by atoms with Crippen molar-refractivity contribution in [1.82, 2.24) is 5.32 Å². The molecular weight excluding hydrogens is 378 g/mol. The van der Waals surface area contributed by atoms with Crippen LogP contribution in [-0.2, 0) is 4.74 Å². The molecule has 2 aliphatic rings. The molecule has 27 heavy (non-hydrogen) atoms. The van der Waals surface area contributed by atoms with Crippen LogP contribution in [0.15, 0.2) is 18.2 Å². The molecule has 1 unspecified atom stereocenters. The molecule has 1 aliphatic carbocycles. The summed E-state index contributed by atoms with van der Waals surface area (Å²) in [5, 5.41) is 4.20. The van der Waals surface area contributed by atoms with Crippen molar-refractivity contribution in [2.24, 2.45) is 5.92 Å². The molecule has 1 N–H and O–H groups in total. The SMILES string of the molecule is CC(C)C1C=C(NC2CC2)c2cc(Cl)c(OCOCC[Si](C)(C)C)cc2O1. The molecule has 6 heteroatoms. The van der Waals surface area contributed by atoms with Crippen molar-refractivity contribution in [2.45, 2.75) is 64.5 Å². The maximum Gasteiger partial charge on any atom is 0.189 e. The maximum atomic E-state index is 6.48. The largest absolute Gasteiger partial charge is 0.485 e. The molecule has 1 saturated carbocycles. The monoisotopic (exact) mass is 409 g/mol. The molecule has 0 bridgehead atoms. The van der Waals surface area contributed by atoms with Crippen molar-refractivity contribution in [2.75, 3.05) is 13.4 Å². The summed E-state index contributed by atoms with van der Waals surface area (Å²) in [6.07, 6.45) is 4.68. The Morgan fingerprint density at radius 3 is 2.63 bits per heavy atom. The predicted molar refractivity (Wildman–Crippen MR) is 114 cm³/mol. The highest BCUT2D eigenvalue weighted by atomic mass is 35.5. The number of hydrogen-bond acceptors (Lipinski definition) is 4. The van der Waals surface area contributed by atoms with Gasteiger partial charge in [0, 0.05) is 38.0 Å². The zero-order chi connectivity index (χ0) is 19.6. The van der Waals surface area contributed by atoms with Gasteiger partial charge in [0.1, 0.15) is 17.6 Å². The summed E-state index contributed by atoms with van der Waals surface area (Å²) in [6, 6.07) is 5.53. The number of rotatable bonds is 9. The van der Waals surface area contributed by atoms with Gasteiger partial charge in [0.25, 0.3) is 0 Å². The molecule has 1 aromatic carbocycles.